The normalized spacial score (nSPS) is 18.3. The zero-order chi connectivity index (χ0) is 13.2. The molecule has 1 aliphatic carbocycles. The SMILES string of the molecule is C=C(C)c1ccc(C(=O)C2(O)CCCCC2)cc1. The average Bonchev–Trinajstić information content (AvgIpc) is 2.39. The molecule has 2 heteroatoms. The van der Waals surface area contributed by atoms with Gasteiger partial charge in [0.05, 0.1) is 0 Å². The Balaban J connectivity index is 2.20. The molecule has 0 heterocycles. The highest BCUT2D eigenvalue weighted by Crippen LogP contribution is 2.31. The molecule has 18 heavy (non-hydrogen) atoms. The quantitative estimate of drug-likeness (QED) is 0.825. The highest BCUT2D eigenvalue weighted by atomic mass is 16.3. The van der Waals surface area contributed by atoms with Gasteiger partial charge in [0.15, 0.2) is 5.78 Å². The van der Waals surface area contributed by atoms with Crippen molar-refractivity contribution in [2.24, 2.45) is 0 Å². The number of hydrogen-bond acceptors (Lipinski definition) is 2. The molecule has 0 aromatic heterocycles. The van der Waals surface area contributed by atoms with Crippen LogP contribution in [0.1, 0.15) is 54.9 Å². The Bertz CT molecular complexity index is 450. The summed E-state index contributed by atoms with van der Waals surface area (Å²) < 4.78 is 0. The van der Waals surface area contributed by atoms with Crippen LogP contribution < -0.4 is 0 Å². The Kier molecular flexibility index (Phi) is 3.67. The van der Waals surface area contributed by atoms with Gasteiger partial charge < -0.3 is 5.11 Å². The van der Waals surface area contributed by atoms with E-state index in [2.05, 4.69) is 6.58 Å². The Morgan fingerprint density at radius 3 is 2.11 bits per heavy atom. The Hall–Kier alpha value is -1.41. The first-order valence-corrected chi connectivity index (χ1v) is 6.56. The number of ketones is 1. The molecule has 0 unspecified atom stereocenters. The summed E-state index contributed by atoms with van der Waals surface area (Å²) in [7, 11) is 0. The Morgan fingerprint density at radius 1 is 1.11 bits per heavy atom. The first-order chi connectivity index (χ1) is 8.53. The minimum atomic E-state index is -1.14. The summed E-state index contributed by atoms with van der Waals surface area (Å²) in [6, 6.07) is 7.36. The maximum Gasteiger partial charge on any atom is 0.194 e. The number of benzene rings is 1. The molecule has 0 spiro atoms. The highest BCUT2D eigenvalue weighted by Gasteiger charge is 2.37. The lowest BCUT2D eigenvalue weighted by Crippen LogP contribution is -2.40. The molecule has 0 radical (unpaired) electrons. The van der Waals surface area contributed by atoms with Crippen molar-refractivity contribution in [1.29, 1.82) is 0 Å². The van der Waals surface area contributed by atoms with E-state index in [1.54, 1.807) is 12.1 Å². The van der Waals surface area contributed by atoms with Crippen LogP contribution in [-0.2, 0) is 0 Å². The van der Waals surface area contributed by atoms with Gasteiger partial charge in [-0.05, 0) is 25.3 Å². The van der Waals surface area contributed by atoms with Crippen molar-refractivity contribution in [3.8, 4) is 0 Å². The summed E-state index contributed by atoms with van der Waals surface area (Å²) in [4.78, 5) is 12.3. The molecular formula is C16H20O2. The number of rotatable bonds is 3. The minimum Gasteiger partial charge on any atom is -0.382 e. The van der Waals surface area contributed by atoms with Gasteiger partial charge in [-0.3, -0.25) is 4.79 Å². The third-order valence-corrected chi connectivity index (χ3v) is 3.74. The molecule has 2 nitrogen and oxygen atoms in total. The first kappa shape index (κ1) is 13.0. The third kappa shape index (κ3) is 2.54. The zero-order valence-electron chi connectivity index (χ0n) is 10.9. The van der Waals surface area contributed by atoms with Crippen LogP contribution in [0, 0.1) is 0 Å². The van der Waals surface area contributed by atoms with E-state index in [-0.39, 0.29) is 5.78 Å². The van der Waals surface area contributed by atoms with Crippen LogP contribution in [0.15, 0.2) is 30.8 Å². The van der Waals surface area contributed by atoms with Gasteiger partial charge in [-0.2, -0.15) is 0 Å². The van der Waals surface area contributed by atoms with E-state index in [1.807, 2.05) is 19.1 Å². The number of hydrogen-bond donors (Lipinski definition) is 1. The fourth-order valence-electron chi connectivity index (χ4n) is 2.54. The molecular weight excluding hydrogens is 224 g/mol. The van der Waals surface area contributed by atoms with Crippen LogP contribution in [0.4, 0.5) is 0 Å². The number of Topliss-reactive ketones (excluding diaryl/α,β-unsaturated/α-hetero) is 1. The summed E-state index contributed by atoms with van der Waals surface area (Å²) in [6.45, 7) is 5.81. The molecule has 1 aromatic rings. The fourth-order valence-corrected chi connectivity index (χ4v) is 2.54. The average molecular weight is 244 g/mol. The molecule has 1 saturated carbocycles. The largest absolute Gasteiger partial charge is 0.382 e. The molecule has 0 saturated heterocycles. The summed E-state index contributed by atoms with van der Waals surface area (Å²) in [5, 5.41) is 10.4. The summed E-state index contributed by atoms with van der Waals surface area (Å²) in [5.41, 5.74) is 1.47. The van der Waals surface area contributed by atoms with Crippen LogP contribution >= 0.6 is 0 Å². The van der Waals surface area contributed by atoms with Crippen LogP contribution in [-0.4, -0.2) is 16.5 Å². The maximum absolute atomic E-state index is 12.3. The predicted molar refractivity (Wildman–Crippen MR) is 73.5 cm³/mol. The lowest BCUT2D eigenvalue weighted by molar-refractivity contribution is 0.0116. The van der Waals surface area contributed by atoms with E-state index >= 15 is 0 Å². The molecule has 96 valence electrons. The molecule has 2 rings (SSSR count). The van der Waals surface area contributed by atoms with E-state index in [0.717, 1.165) is 30.4 Å². The Labute approximate surface area is 108 Å². The van der Waals surface area contributed by atoms with E-state index in [4.69, 9.17) is 0 Å². The van der Waals surface area contributed by atoms with Crippen molar-refractivity contribution in [3.63, 3.8) is 0 Å². The zero-order valence-corrected chi connectivity index (χ0v) is 10.9. The van der Waals surface area contributed by atoms with Gasteiger partial charge in [0.25, 0.3) is 0 Å². The van der Waals surface area contributed by atoms with Gasteiger partial charge in [0.1, 0.15) is 5.60 Å². The van der Waals surface area contributed by atoms with Crippen molar-refractivity contribution in [1.82, 2.24) is 0 Å². The molecule has 0 aliphatic heterocycles. The highest BCUT2D eigenvalue weighted by molar-refractivity contribution is 6.02. The topological polar surface area (TPSA) is 37.3 Å². The van der Waals surface area contributed by atoms with E-state index < -0.39 is 5.60 Å². The maximum atomic E-state index is 12.3. The molecule has 1 fully saturated rings. The predicted octanol–water partition coefficient (Wildman–Crippen LogP) is 3.60. The molecule has 1 aliphatic rings. The van der Waals surface area contributed by atoms with Gasteiger partial charge in [-0.25, -0.2) is 0 Å². The van der Waals surface area contributed by atoms with E-state index in [0.29, 0.717) is 18.4 Å². The molecule has 0 atom stereocenters. The number of carbonyl (C=O) groups excluding carboxylic acids is 1. The summed E-state index contributed by atoms with van der Waals surface area (Å²) >= 11 is 0. The van der Waals surface area contributed by atoms with Crippen molar-refractivity contribution in [3.05, 3.63) is 42.0 Å². The van der Waals surface area contributed by atoms with Crippen LogP contribution in [0.2, 0.25) is 0 Å². The van der Waals surface area contributed by atoms with Gasteiger partial charge in [0.2, 0.25) is 0 Å². The second kappa shape index (κ2) is 5.07. The van der Waals surface area contributed by atoms with Crippen molar-refractivity contribution < 1.29 is 9.90 Å². The van der Waals surface area contributed by atoms with Gasteiger partial charge in [-0.1, -0.05) is 55.7 Å². The lowest BCUT2D eigenvalue weighted by atomic mass is 9.79. The third-order valence-electron chi connectivity index (χ3n) is 3.74. The van der Waals surface area contributed by atoms with E-state index in [1.165, 1.54) is 0 Å². The standard InChI is InChI=1S/C16H20O2/c1-12(2)13-6-8-14(9-7-13)15(17)16(18)10-4-3-5-11-16/h6-9,18H,1,3-5,10-11H2,2H3. The van der Waals surface area contributed by atoms with Crippen LogP contribution in [0.5, 0.6) is 0 Å². The summed E-state index contributed by atoms with van der Waals surface area (Å²) in [6.07, 6.45) is 4.17. The van der Waals surface area contributed by atoms with Crippen LogP contribution in [0.25, 0.3) is 5.57 Å². The minimum absolute atomic E-state index is 0.129. The van der Waals surface area contributed by atoms with E-state index in [9.17, 15) is 9.90 Å². The Morgan fingerprint density at radius 2 is 1.61 bits per heavy atom. The fraction of sp³-hybridized carbons (Fsp3) is 0.438. The number of carbonyl (C=O) groups is 1. The smallest absolute Gasteiger partial charge is 0.194 e. The second-order valence-electron chi connectivity index (χ2n) is 5.28. The van der Waals surface area contributed by atoms with Gasteiger partial charge in [-0.15, -0.1) is 0 Å². The molecule has 0 bridgehead atoms. The monoisotopic (exact) mass is 244 g/mol. The van der Waals surface area contributed by atoms with Crippen molar-refractivity contribution in [2.45, 2.75) is 44.6 Å². The number of aliphatic hydroxyl groups is 1. The molecule has 1 aromatic carbocycles. The molecule has 0 amide bonds. The number of allylic oxidation sites excluding steroid dienone is 1. The van der Waals surface area contributed by atoms with Gasteiger partial charge in [0, 0.05) is 5.56 Å². The lowest BCUT2D eigenvalue weighted by Gasteiger charge is -2.30. The molecule has 1 N–H and O–H groups in total. The summed E-state index contributed by atoms with van der Waals surface area (Å²) in [5.74, 6) is -0.129. The van der Waals surface area contributed by atoms with Gasteiger partial charge >= 0.3 is 0 Å². The van der Waals surface area contributed by atoms with Crippen molar-refractivity contribution in [2.75, 3.05) is 0 Å². The van der Waals surface area contributed by atoms with Crippen molar-refractivity contribution >= 4 is 11.4 Å². The van der Waals surface area contributed by atoms with Crippen LogP contribution in [0.3, 0.4) is 0 Å². The second-order valence-corrected chi connectivity index (χ2v) is 5.28. The first-order valence-electron chi connectivity index (χ1n) is 6.56.